The molecule has 8 heteroatoms. The zero-order valence-corrected chi connectivity index (χ0v) is 22.1. The van der Waals surface area contributed by atoms with Gasteiger partial charge in [-0.25, -0.2) is 4.79 Å². The lowest BCUT2D eigenvalue weighted by atomic mass is 9.95. The maximum absolute atomic E-state index is 13.4. The summed E-state index contributed by atoms with van der Waals surface area (Å²) in [6.07, 6.45) is 1.12. The molecule has 0 spiro atoms. The Balaban J connectivity index is 1.66. The number of hydrogen-bond acceptors (Lipinski definition) is 5. The number of para-hydroxylation sites is 1. The van der Waals surface area contributed by atoms with Crippen molar-refractivity contribution in [2.24, 2.45) is 11.5 Å². The predicted octanol–water partition coefficient (Wildman–Crippen LogP) is 4.12. The van der Waals surface area contributed by atoms with E-state index < -0.39 is 24.1 Å². The molecule has 0 aromatic heterocycles. The SMILES string of the molecule is Cc1cc(OC(=O)Nc2ccccc2)cc(C)c1C[C@H](N)C(=O)N(CCCc1ccccc1)[C@@H](C)C(N)=O. The van der Waals surface area contributed by atoms with Crippen LogP contribution in [-0.4, -0.2) is 41.4 Å². The lowest BCUT2D eigenvalue weighted by molar-refractivity contribution is -0.139. The first kappa shape index (κ1) is 28.4. The first-order chi connectivity index (χ1) is 18.2. The predicted molar refractivity (Wildman–Crippen MR) is 149 cm³/mol. The van der Waals surface area contributed by atoms with Crippen LogP contribution in [0.2, 0.25) is 0 Å². The van der Waals surface area contributed by atoms with Gasteiger partial charge >= 0.3 is 6.09 Å². The fraction of sp³-hybridized carbons (Fsp3) is 0.300. The minimum Gasteiger partial charge on any atom is -0.410 e. The van der Waals surface area contributed by atoms with Crippen LogP contribution in [0.1, 0.15) is 35.6 Å². The molecule has 0 bridgehead atoms. The van der Waals surface area contributed by atoms with Crippen LogP contribution in [-0.2, 0) is 22.4 Å². The van der Waals surface area contributed by atoms with Gasteiger partial charge in [-0.2, -0.15) is 0 Å². The molecule has 0 saturated carbocycles. The van der Waals surface area contributed by atoms with Gasteiger partial charge in [0.2, 0.25) is 11.8 Å². The summed E-state index contributed by atoms with van der Waals surface area (Å²) in [5.74, 6) is -0.513. The smallest absolute Gasteiger partial charge is 0.410 e. The van der Waals surface area contributed by atoms with Crippen LogP contribution in [0.15, 0.2) is 72.8 Å². The molecular weight excluding hydrogens is 480 g/mol. The standard InChI is InChI=1S/C30H36N4O4/c1-20-17-25(38-30(37)33-24-14-8-5-9-15-24)18-21(2)26(20)19-27(31)29(36)34(22(3)28(32)35)16-10-13-23-11-6-4-7-12-23/h4-9,11-12,14-15,17-18,22,27H,10,13,16,19,31H2,1-3H3,(H2,32,35)(H,33,37)/t22-,27-/m0/s1. The number of nitrogens with two attached hydrogens (primary N) is 2. The highest BCUT2D eigenvalue weighted by molar-refractivity contribution is 5.89. The molecule has 2 atom stereocenters. The fourth-order valence-electron chi connectivity index (χ4n) is 4.37. The van der Waals surface area contributed by atoms with E-state index in [0.717, 1.165) is 28.7 Å². The van der Waals surface area contributed by atoms with E-state index in [1.165, 1.54) is 4.90 Å². The number of nitrogens with zero attached hydrogens (tertiary/aromatic N) is 1. The molecule has 3 amide bonds. The van der Waals surface area contributed by atoms with Crippen LogP contribution in [0.25, 0.3) is 0 Å². The normalized spacial score (nSPS) is 12.3. The molecule has 5 N–H and O–H groups in total. The molecule has 0 aliphatic heterocycles. The van der Waals surface area contributed by atoms with Gasteiger partial charge in [0.05, 0.1) is 6.04 Å². The summed E-state index contributed by atoms with van der Waals surface area (Å²) < 4.78 is 5.46. The van der Waals surface area contributed by atoms with Gasteiger partial charge in [0, 0.05) is 12.2 Å². The summed E-state index contributed by atoms with van der Waals surface area (Å²) in [5.41, 5.74) is 16.3. The zero-order valence-electron chi connectivity index (χ0n) is 22.1. The number of aryl methyl sites for hydroxylation is 3. The van der Waals surface area contributed by atoms with E-state index >= 15 is 0 Å². The van der Waals surface area contributed by atoms with Crippen LogP contribution in [0.4, 0.5) is 10.5 Å². The molecule has 200 valence electrons. The summed E-state index contributed by atoms with van der Waals surface area (Å²) in [6, 6.07) is 20.8. The largest absolute Gasteiger partial charge is 0.417 e. The van der Waals surface area contributed by atoms with Crippen molar-refractivity contribution in [1.82, 2.24) is 4.90 Å². The third-order valence-corrected chi connectivity index (χ3v) is 6.51. The topological polar surface area (TPSA) is 128 Å². The van der Waals surface area contributed by atoms with Crippen LogP contribution < -0.4 is 21.5 Å². The van der Waals surface area contributed by atoms with Crippen molar-refractivity contribution in [3.05, 3.63) is 95.1 Å². The lowest BCUT2D eigenvalue weighted by Gasteiger charge is -2.30. The number of carbonyl (C=O) groups excluding carboxylic acids is 3. The highest BCUT2D eigenvalue weighted by atomic mass is 16.6. The van der Waals surface area contributed by atoms with Gasteiger partial charge < -0.3 is 21.1 Å². The molecule has 38 heavy (non-hydrogen) atoms. The summed E-state index contributed by atoms with van der Waals surface area (Å²) >= 11 is 0. The Hall–Kier alpha value is -4.17. The average Bonchev–Trinajstić information content (AvgIpc) is 2.89. The molecule has 0 aliphatic carbocycles. The van der Waals surface area contributed by atoms with Gasteiger partial charge in [0.25, 0.3) is 0 Å². The molecule has 0 fully saturated rings. The fourth-order valence-corrected chi connectivity index (χ4v) is 4.37. The Morgan fingerprint density at radius 2 is 1.53 bits per heavy atom. The number of ether oxygens (including phenoxy) is 1. The molecule has 0 unspecified atom stereocenters. The van der Waals surface area contributed by atoms with Crippen molar-refractivity contribution in [2.45, 2.75) is 52.1 Å². The number of hydrogen-bond donors (Lipinski definition) is 3. The Morgan fingerprint density at radius 1 is 0.947 bits per heavy atom. The number of nitrogens with one attached hydrogen (secondary N) is 1. The number of benzene rings is 3. The van der Waals surface area contributed by atoms with Gasteiger partial charge in [-0.1, -0.05) is 48.5 Å². The van der Waals surface area contributed by atoms with Crippen LogP contribution in [0.5, 0.6) is 5.75 Å². The van der Waals surface area contributed by atoms with Crippen molar-refractivity contribution in [3.63, 3.8) is 0 Å². The van der Waals surface area contributed by atoms with Crippen LogP contribution in [0.3, 0.4) is 0 Å². The zero-order chi connectivity index (χ0) is 27.7. The summed E-state index contributed by atoms with van der Waals surface area (Å²) in [6.45, 7) is 5.75. The van der Waals surface area contributed by atoms with E-state index in [9.17, 15) is 14.4 Å². The van der Waals surface area contributed by atoms with Crippen LogP contribution >= 0.6 is 0 Å². The third kappa shape index (κ3) is 7.91. The molecule has 3 aromatic rings. The first-order valence-electron chi connectivity index (χ1n) is 12.7. The average molecular weight is 517 g/mol. The number of anilines is 1. The second-order valence-electron chi connectivity index (χ2n) is 9.43. The van der Waals surface area contributed by atoms with Crippen LogP contribution in [0, 0.1) is 13.8 Å². The number of rotatable bonds is 11. The number of primary amides is 1. The second-order valence-corrected chi connectivity index (χ2v) is 9.43. The highest BCUT2D eigenvalue weighted by Gasteiger charge is 2.28. The van der Waals surface area contributed by atoms with Gasteiger partial charge in [-0.15, -0.1) is 0 Å². The maximum atomic E-state index is 13.4. The van der Waals surface area contributed by atoms with E-state index in [2.05, 4.69) is 5.32 Å². The van der Waals surface area contributed by atoms with Crippen molar-refractivity contribution >= 4 is 23.6 Å². The monoisotopic (exact) mass is 516 g/mol. The molecular formula is C30H36N4O4. The molecule has 8 nitrogen and oxygen atoms in total. The van der Waals surface area contributed by atoms with Gasteiger partial charge in [-0.3, -0.25) is 14.9 Å². The van der Waals surface area contributed by atoms with E-state index in [4.69, 9.17) is 16.2 Å². The van der Waals surface area contributed by atoms with Crippen molar-refractivity contribution in [3.8, 4) is 5.75 Å². The Bertz CT molecular complexity index is 1220. The third-order valence-electron chi connectivity index (χ3n) is 6.51. The van der Waals surface area contributed by atoms with Gasteiger partial charge in [-0.05, 0) is 86.6 Å². The van der Waals surface area contributed by atoms with E-state index in [0.29, 0.717) is 24.4 Å². The summed E-state index contributed by atoms with van der Waals surface area (Å²) in [4.78, 5) is 39.1. The molecule has 0 heterocycles. The Kier molecular flexibility index (Phi) is 10.0. The Morgan fingerprint density at radius 3 is 2.11 bits per heavy atom. The second kappa shape index (κ2) is 13.4. The van der Waals surface area contributed by atoms with E-state index in [1.54, 1.807) is 31.2 Å². The van der Waals surface area contributed by atoms with E-state index in [-0.39, 0.29) is 12.3 Å². The number of amides is 3. The molecule has 3 aromatic carbocycles. The highest BCUT2D eigenvalue weighted by Crippen LogP contribution is 2.24. The van der Waals surface area contributed by atoms with Gasteiger partial charge in [0.15, 0.2) is 0 Å². The minimum absolute atomic E-state index is 0.271. The summed E-state index contributed by atoms with van der Waals surface area (Å²) in [5, 5.41) is 2.68. The molecule has 0 aliphatic rings. The summed E-state index contributed by atoms with van der Waals surface area (Å²) in [7, 11) is 0. The lowest BCUT2D eigenvalue weighted by Crippen LogP contribution is -2.53. The van der Waals surface area contributed by atoms with Crippen molar-refractivity contribution in [2.75, 3.05) is 11.9 Å². The van der Waals surface area contributed by atoms with Gasteiger partial charge in [0.1, 0.15) is 11.8 Å². The molecule has 3 rings (SSSR count). The first-order valence-corrected chi connectivity index (χ1v) is 12.7. The quantitative estimate of drug-likeness (QED) is 0.353. The maximum Gasteiger partial charge on any atom is 0.417 e. The van der Waals surface area contributed by atoms with E-state index in [1.807, 2.05) is 62.4 Å². The minimum atomic E-state index is -0.862. The number of carbonyl (C=O) groups is 3. The van der Waals surface area contributed by atoms with Crippen molar-refractivity contribution < 1.29 is 19.1 Å². The Labute approximate surface area is 224 Å². The van der Waals surface area contributed by atoms with Crippen molar-refractivity contribution in [1.29, 1.82) is 0 Å². The molecule has 0 saturated heterocycles. The molecule has 0 radical (unpaired) electrons.